The molecule has 3 heteroatoms. The van der Waals surface area contributed by atoms with Crippen LogP contribution in [0.4, 0.5) is 4.79 Å². The van der Waals surface area contributed by atoms with E-state index < -0.39 is 0 Å². The first-order valence-corrected chi connectivity index (χ1v) is 4.94. The van der Waals surface area contributed by atoms with Crippen LogP contribution in [0.2, 0.25) is 0 Å². The fourth-order valence-corrected chi connectivity index (χ4v) is 2.49. The molecule has 0 bridgehead atoms. The van der Waals surface area contributed by atoms with Crippen molar-refractivity contribution < 1.29 is 4.79 Å². The third-order valence-corrected chi connectivity index (χ3v) is 3.45. The Hall–Kier alpha value is -0.730. The molecule has 0 saturated carbocycles. The van der Waals surface area contributed by atoms with Gasteiger partial charge in [0.15, 0.2) is 0 Å². The van der Waals surface area contributed by atoms with Crippen molar-refractivity contribution in [3.8, 4) is 0 Å². The number of likely N-dealkylation sites (N-methyl/N-ethyl adjacent to an activating group) is 1. The summed E-state index contributed by atoms with van der Waals surface area (Å²) in [7, 11) is 1.89. The van der Waals surface area contributed by atoms with Gasteiger partial charge in [0.05, 0.1) is 5.54 Å². The minimum atomic E-state index is -0.00289. The van der Waals surface area contributed by atoms with E-state index in [1.807, 2.05) is 11.9 Å². The lowest BCUT2D eigenvalue weighted by Gasteiger charge is -2.42. The molecule has 1 aliphatic heterocycles. The van der Waals surface area contributed by atoms with E-state index in [1.165, 1.54) is 0 Å². The third-order valence-electron chi connectivity index (χ3n) is 3.45. The highest BCUT2D eigenvalue weighted by atomic mass is 16.2. The molecule has 1 saturated heterocycles. The lowest BCUT2D eigenvalue weighted by molar-refractivity contribution is 0.0913. The Morgan fingerprint density at radius 3 is 1.92 bits per heavy atom. The van der Waals surface area contributed by atoms with Crippen LogP contribution in [0, 0.1) is 11.8 Å². The van der Waals surface area contributed by atoms with Gasteiger partial charge >= 0.3 is 6.03 Å². The smallest absolute Gasteiger partial charge is 0.317 e. The Kier molecular flexibility index (Phi) is 2.55. The molecular formula is C10H20N2O. The Labute approximate surface area is 80.5 Å². The van der Waals surface area contributed by atoms with Crippen molar-refractivity contribution in [2.24, 2.45) is 11.8 Å². The van der Waals surface area contributed by atoms with Gasteiger partial charge in [0.25, 0.3) is 0 Å². The summed E-state index contributed by atoms with van der Waals surface area (Å²) in [5.41, 5.74) is -0.00289. The van der Waals surface area contributed by atoms with Gasteiger partial charge in [-0.05, 0) is 11.8 Å². The number of nitrogens with zero attached hydrogens (tertiary/aromatic N) is 1. The van der Waals surface area contributed by atoms with Crippen molar-refractivity contribution in [1.82, 2.24) is 10.2 Å². The summed E-state index contributed by atoms with van der Waals surface area (Å²) in [5, 5.41) is 2.91. The van der Waals surface area contributed by atoms with Gasteiger partial charge < -0.3 is 10.2 Å². The minimum absolute atomic E-state index is 0.00289. The zero-order valence-corrected chi connectivity index (χ0v) is 9.22. The van der Waals surface area contributed by atoms with E-state index in [2.05, 4.69) is 33.0 Å². The van der Waals surface area contributed by atoms with Crippen LogP contribution in [0.1, 0.15) is 27.7 Å². The quantitative estimate of drug-likeness (QED) is 0.696. The van der Waals surface area contributed by atoms with Crippen molar-refractivity contribution in [2.45, 2.75) is 33.2 Å². The molecular weight excluding hydrogens is 164 g/mol. The van der Waals surface area contributed by atoms with Crippen LogP contribution in [0.3, 0.4) is 0 Å². The van der Waals surface area contributed by atoms with Crippen LogP contribution in [0.15, 0.2) is 0 Å². The molecule has 1 rings (SSSR count). The highest BCUT2D eigenvalue weighted by Crippen LogP contribution is 2.34. The maximum absolute atomic E-state index is 11.4. The number of hydrogen-bond acceptors (Lipinski definition) is 1. The highest BCUT2D eigenvalue weighted by molar-refractivity contribution is 5.77. The first-order chi connectivity index (χ1) is 5.93. The molecule has 0 aromatic carbocycles. The second-order valence-corrected chi connectivity index (χ2v) is 4.52. The van der Waals surface area contributed by atoms with Crippen molar-refractivity contribution in [1.29, 1.82) is 0 Å². The molecule has 0 aromatic heterocycles. The van der Waals surface area contributed by atoms with Gasteiger partial charge in [0.1, 0.15) is 0 Å². The third kappa shape index (κ3) is 1.30. The first-order valence-electron chi connectivity index (χ1n) is 4.94. The van der Waals surface area contributed by atoms with Gasteiger partial charge in [0, 0.05) is 13.6 Å². The van der Waals surface area contributed by atoms with Gasteiger partial charge in [-0.25, -0.2) is 4.79 Å². The first kappa shape index (κ1) is 10.4. The number of carbonyl (C=O) groups is 1. The Morgan fingerprint density at radius 1 is 1.31 bits per heavy atom. The van der Waals surface area contributed by atoms with E-state index in [9.17, 15) is 4.79 Å². The summed E-state index contributed by atoms with van der Waals surface area (Å²) in [5.74, 6) is 0.966. The number of rotatable bonds is 2. The van der Waals surface area contributed by atoms with Gasteiger partial charge in [-0.1, -0.05) is 27.7 Å². The maximum Gasteiger partial charge on any atom is 0.317 e. The normalized spacial score (nSPS) is 21.5. The molecule has 1 fully saturated rings. The Morgan fingerprint density at radius 2 is 1.77 bits per heavy atom. The monoisotopic (exact) mass is 184 g/mol. The van der Waals surface area contributed by atoms with Crippen LogP contribution in [-0.4, -0.2) is 30.1 Å². The number of hydrogen-bond donors (Lipinski definition) is 1. The average Bonchev–Trinajstić information content (AvgIpc) is 2.30. The van der Waals surface area contributed by atoms with E-state index in [0.717, 1.165) is 6.54 Å². The van der Waals surface area contributed by atoms with E-state index in [4.69, 9.17) is 0 Å². The molecule has 1 N–H and O–H groups in total. The maximum atomic E-state index is 11.4. The summed E-state index contributed by atoms with van der Waals surface area (Å²) in [6.45, 7) is 9.48. The molecule has 0 aromatic rings. The van der Waals surface area contributed by atoms with Crippen molar-refractivity contribution in [3.63, 3.8) is 0 Å². The van der Waals surface area contributed by atoms with Crippen LogP contribution in [0.5, 0.6) is 0 Å². The molecule has 3 nitrogen and oxygen atoms in total. The molecule has 2 amide bonds. The van der Waals surface area contributed by atoms with E-state index >= 15 is 0 Å². The van der Waals surface area contributed by atoms with Crippen LogP contribution in [-0.2, 0) is 0 Å². The lowest BCUT2D eigenvalue weighted by Crippen LogP contribution is -2.53. The molecule has 1 heterocycles. The van der Waals surface area contributed by atoms with Gasteiger partial charge in [-0.2, -0.15) is 0 Å². The lowest BCUT2D eigenvalue weighted by atomic mass is 9.77. The minimum Gasteiger partial charge on any atom is -0.336 e. The predicted octanol–water partition coefficient (Wildman–Crippen LogP) is 1.69. The Balaban J connectivity index is 2.99. The van der Waals surface area contributed by atoms with Crippen molar-refractivity contribution in [3.05, 3.63) is 0 Å². The number of urea groups is 1. The fourth-order valence-electron chi connectivity index (χ4n) is 2.49. The second kappa shape index (κ2) is 3.20. The molecule has 0 unspecified atom stereocenters. The molecule has 76 valence electrons. The number of nitrogens with one attached hydrogen (secondary N) is 1. The molecule has 13 heavy (non-hydrogen) atoms. The zero-order valence-electron chi connectivity index (χ0n) is 9.22. The largest absolute Gasteiger partial charge is 0.336 e. The van der Waals surface area contributed by atoms with Gasteiger partial charge in [-0.3, -0.25) is 0 Å². The van der Waals surface area contributed by atoms with E-state index in [0.29, 0.717) is 11.8 Å². The highest BCUT2D eigenvalue weighted by Gasteiger charge is 2.47. The summed E-state index contributed by atoms with van der Waals surface area (Å²) in [4.78, 5) is 13.3. The summed E-state index contributed by atoms with van der Waals surface area (Å²) >= 11 is 0. The van der Waals surface area contributed by atoms with Crippen LogP contribution in [0.25, 0.3) is 0 Å². The predicted molar refractivity (Wildman–Crippen MR) is 53.6 cm³/mol. The van der Waals surface area contributed by atoms with E-state index in [-0.39, 0.29) is 11.6 Å². The zero-order chi connectivity index (χ0) is 10.2. The van der Waals surface area contributed by atoms with Crippen LogP contribution < -0.4 is 5.32 Å². The van der Waals surface area contributed by atoms with Gasteiger partial charge in [0.2, 0.25) is 0 Å². The molecule has 0 spiro atoms. The molecule has 0 atom stereocenters. The molecule has 0 aliphatic carbocycles. The standard InChI is InChI=1S/C10H20N2O/c1-7(2)10(8(3)4)6-11-9(13)12(10)5/h7-8H,6H2,1-5H3,(H,11,13). The van der Waals surface area contributed by atoms with Crippen LogP contribution >= 0.6 is 0 Å². The topological polar surface area (TPSA) is 32.3 Å². The van der Waals surface area contributed by atoms with Crippen molar-refractivity contribution >= 4 is 6.03 Å². The van der Waals surface area contributed by atoms with Gasteiger partial charge in [-0.15, -0.1) is 0 Å². The molecule has 0 radical (unpaired) electrons. The summed E-state index contributed by atoms with van der Waals surface area (Å²) in [6, 6.07) is 0.0578. The van der Waals surface area contributed by atoms with E-state index in [1.54, 1.807) is 0 Å². The van der Waals surface area contributed by atoms with Crippen molar-refractivity contribution in [2.75, 3.05) is 13.6 Å². The number of carbonyl (C=O) groups excluding carboxylic acids is 1. The second-order valence-electron chi connectivity index (χ2n) is 4.52. The summed E-state index contributed by atoms with van der Waals surface area (Å²) < 4.78 is 0. The summed E-state index contributed by atoms with van der Waals surface area (Å²) in [6.07, 6.45) is 0. The average molecular weight is 184 g/mol. The molecule has 1 aliphatic rings. The Bertz CT molecular complexity index is 203. The SMILES string of the molecule is CC(C)C1(C(C)C)CNC(=O)N1C. The number of amides is 2. The fraction of sp³-hybridized carbons (Fsp3) is 0.900.